The standard InChI is InChI=1S/C7H8BrNO2S/c8-6-4(1-2-12-6)3-5(9)7(10)11/h1-2,5H,3,9H2,(H,10,11)/t5-/m1/s1. The smallest absolute Gasteiger partial charge is 0.320 e. The third-order valence-electron chi connectivity index (χ3n) is 1.45. The summed E-state index contributed by atoms with van der Waals surface area (Å²) < 4.78 is 0.958. The molecule has 12 heavy (non-hydrogen) atoms. The number of thiophene rings is 1. The van der Waals surface area contributed by atoms with Gasteiger partial charge in [0, 0.05) is 6.42 Å². The van der Waals surface area contributed by atoms with Crippen LogP contribution in [0.2, 0.25) is 0 Å². The van der Waals surface area contributed by atoms with Gasteiger partial charge in [-0.25, -0.2) is 0 Å². The van der Waals surface area contributed by atoms with Crippen molar-refractivity contribution >= 4 is 33.2 Å². The number of halogens is 1. The minimum Gasteiger partial charge on any atom is -0.480 e. The molecule has 0 radical (unpaired) electrons. The highest BCUT2D eigenvalue weighted by Gasteiger charge is 2.13. The molecule has 0 aliphatic heterocycles. The van der Waals surface area contributed by atoms with Crippen LogP contribution in [0, 0.1) is 0 Å². The largest absolute Gasteiger partial charge is 0.480 e. The van der Waals surface area contributed by atoms with Gasteiger partial charge in [0.15, 0.2) is 0 Å². The van der Waals surface area contributed by atoms with Gasteiger partial charge in [0.05, 0.1) is 3.79 Å². The van der Waals surface area contributed by atoms with E-state index in [1.807, 2.05) is 11.4 Å². The molecule has 0 saturated carbocycles. The Balaban J connectivity index is 2.64. The van der Waals surface area contributed by atoms with Gasteiger partial charge < -0.3 is 10.8 Å². The zero-order valence-electron chi connectivity index (χ0n) is 6.16. The van der Waals surface area contributed by atoms with E-state index in [4.69, 9.17) is 10.8 Å². The Morgan fingerprint density at radius 1 is 1.83 bits per heavy atom. The summed E-state index contributed by atoms with van der Waals surface area (Å²) in [5, 5.41) is 10.4. The van der Waals surface area contributed by atoms with Crippen molar-refractivity contribution in [1.82, 2.24) is 0 Å². The predicted octanol–water partition coefficient (Wildman–Crippen LogP) is 1.47. The first-order valence-electron chi connectivity index (χ1n) is 3.31. The van der Waals surface area contributed by atoms with Gasteiger partial charge in [-0.15, -0.1) is 11.3 Å². The lowest BCUT2D eigenvalue weighted by Crippen LogP contribution is -2.32. The summed E-state index contributed by atoms with van der Waals surface area (Å²) in [5.74, 6) is -0.965. The fourth-order valence-electron chi connectivity index (χ4n) is 0.790. The summed E-state index contributed by atoms with van der Waals surface area (Å²) in [7, 11) is 0. The van der Waals surface area contributed by atoms with Crippen LogP contribution in [0.3, 0.4) is 0 Å². The number of carboxylic acids is 1. The van der Waals surface area contributed by atoms with Gasteiger partial charge in [-0.2, -0.15) is 0 Å². The lowest BCUT2D eigenvalue weighted by atomic mass is 10.1. The van der Waals surface area contributed by atoms with Crippen molar-refractivity contribution in [1.29, 1.82) is 0 Å². The lowest BCUT2D eigenvalue weighted by Gasteiger charge is -2.03. The minimum atomic E-state index is -0.965. The van der Waals surface area contributed by atoms with E-state index < -0.39 is 12.0 Å². The molecule has 0 aromatic carbocycles. The van der Waals surface area contributed by atoms with Crippen molar-refractivity contribution in [2.45, 2.75) is 12.5 Å². The van der Waals surface area contributed by atoms with Crippen LogP contribution < -0.4 is 5.73 Å². The van der Waals surface area contributed by atoms with E-state index in [2.05, 4.69) is 15.9 Å². The van der Waals surface area contributed by atoms with Gasteiger partial charge in [0.25, 0.3) is 0 Å². The Hall–Kier alpha value is -0.390. The van der Waals surface area contributed by atoms with Gasteiger partial charge in [-0.05, 0) is 32.9 Å². The Morgan fingerprint density at radius 3 is 2.92 bits per heavy atom. The number of carbonyl (C=O) groups is 1. The second-order valence-corrected chi connectivity index (χ2v) is 4.60. The van der Waals surface area contributed by atoms with Crippen LogP contribution in [0.15, 0.2) is 15.2 Å². The average molecular weight is 250 g/mol. The lowest BCUT2D eigenvalue weighted by molar-refractivity contribution is -0.138. The van der Waals surface area contributed by atoms with E-state index in [9.17, 15) is 4.79 Å². The quantitative estimate of drug-likeness (QED) is 0.853. The van der Waals surface area contributed by atoms with Gasteiger partial charge >= 0.3 is 5.97 Å². The van der Waals surface area contributed by atoms with Crippen LogP contribution in [0.1, 0.15) is 5.56 Å². The molecule has 3 nitrogen and oxygen atoms in total. The van der Waals surface area contributed by atoms with E-state index in [0.29, 0.717) is 6.42 Å². The molecule has 0 saturated heterocycles. The maximum atomic E-state index is 10.4. The third-order valence-corrected chi connectivity index (χ3v) is 3.26. The van der Waals surface area contributed by atoms with E-state index in [-0.39, 0.29) is 0 Å². The number of rotatable bonds is 3. The first-order valence-corrected chi connectivity index (χ1v) is 4.99. The normalized spacial score (nSPS) is 12.8. The van der Waals surface area contributed by atoms with E-state index in [0.717, 1.165) is 9.35 Å². The van der Waals surface area contributed by atoms with Gasteiger partial charge in [0.2, 0.25) is 0 Å². The molecule has 0 unspecified atom stereocenters. The Kier molecular flexibility index (Phi) is 3.25. The number of hydrogen-bond acceptors (Lipinski definition) is 3. The van der Waals surface area contributed by atoms with Crippen molar-refractivity contribution in [2.75, 3.05) is 0 Å². The molecule has 1 heterocycles. The third kappa shape index (κ3) is 2.30. The molecular weight excluding hydrogens is 242 g/mol. The zero-order valence-corrected chi connectivity index (χ0v) is 8.56. The van der Waals surface area contributed by atoms with Crippen LogP contribution in [-0.4, -0.2) is 17.1 Å². The Labute approximate surface area is 82.3 Å². The topological polar surface area (TPSA) is 63.3 Å². The zero-order chi connectivity index (χ0) is 9.14. The maximum Gasteiger partial charge on any atom is 0.320 e. The van der Waals surface area contributed by atoms with Crippen molar-refractivity contribution in [3.63, 3.8) is 0 Å². The molecule has 1 aromatic heterocycles. The van der Waals surface area contributed by atoms with Crippen LogP contribution in [0.25, 0.3) is 0 Å². The van der Waals surface area contributed by atoms with E-state index >= 15 is 0 Å². The van der Waals surface area contributed by atoms with Gasteiger partial charge in [0.1, 0.15) is 6.04 Å². The fraction of sp³-hybridized carbons (Fsp3) is 0.286. The summed E-state index contributed by atoms with van der Waals surface area (Å²) in [5.41, 5.74) is 6.31. The Morgan fingerprint density at radius 2 is 2.50 bits per heavy atom. The number of aliphatic carboxylic acids is 1. The minimum absolute atomic E-state index is 0.374. The molecule has 0 aliphatic carbocycles. The maximum absolute atomic E-state index is 10.4. The van der Waals surface area contributed by atoms with Gasteiger partial charge in [-0.3, -0.25) is 4.79 Å². The fourth-order valence-corrected chi connectivity index (χ4v) is 2.06. The molecule has 3 N–H and O–H groups in total. The summed E-state index contributed by atoms with van der Waals surface area (Å²) in [6.45, 7) is 0. The first-order chi connectivity index (χ1) is 5.61. The number of nitrogens with two attached hydrogens (primary N) is 1. The second kappa shape index (κ2) is 4.02. The molecule has 0 amide bonds. The molecule has 0 spiro atoms. The molecule has 0 bridgehead atoms. The SMILES string of the molecule is N[C@H](Cc1ccsc1Br)C(=O)O. The second-order valence-electron chi connectivity index (χ2n) is 2.37. The predicted molar refractivity (Wildman–Crippen MR) is 51.3 cm³/mol. The van der Waals surface area contributed by atoms with Crippen LogP contribution >= 0.6 is 27.3 Å². The monoisotopic (exact) mass is 249 g/mol. The highest BCUT2D eigenvalue weighted by molar-refractivity contribution is 9.11. The molecule has 0 fully saturated rings. The van der Waals surface area contributed by atoms with E-state index in [1.165, 1.54) is 11.3 Å². The summed E-state index contributed by atoms with van der Waals surface area (Å²) in [6.07, 6.45) is 0.374. The van der Waals surface area contributed by atoms with Crippen molar-refractivity contribution in [3.8, 4) is 0 Å². The number of carboxylic acid groups (broad SMARTS) is 1. The van der Waals surface area contributed by atoms with Crippen molar-refractivity contribution in [3.05, 3.63) is 20.8 Å². The highest BCUT2D eigenvalue weighted by Crippen LogP contribution is 2.24. The van der Waals surface area contributed by atoms with Crippen LogP contribution in [0.4, 0.5) is 0 Å². The highest BCUT2D eigenvalue weighted by atomic mass is 79.9. The van der Waals surface area contributed by atoms with Crippen molar-refractivity contribution in [2.24, 2.45) is 5.73 Å². The summed E-state index contributed by atoms with van der Waals surface area (Å²) in [6, 6.07) is 1.06. The molecular formula is C7H8BrNO2S. The van der Waals surface area contributed by atoms with E-state index in [1.54, 1.807) is 0 Å². The molecule has 1 aromatic rings. The molecule has 5 heteroatoms. The van der Waals surface area contributed by atoms with Crippen LogP contribution in [-0.2, 0) is 11.2 Å². The molecule has 0 aliphatic rings. The van der Waals surface area contributed by atoms with Gasteiger partial charge in [-0.1, -0.05) is 0 Å². The number of hydrogen-bond donors (Lipinski definition) is 2. The summed E-state index contributed by atoms with van der Waals surface area (Å²) in [4.78, 5) is 10.4. The van der Waals surface area contributed by atoms with Crippen LogP contribution in [0.5, 0.6) is 0 Å². The molecule has 1 atom stereocenters. The Bertz CT molecular complexity index is 287. The molecule has 1 rings (SSSR count). The first kappa shape index (κ1) is 9.70. The average Bonchev–Trinajstić information content (AvgIpc) is 2.36. The van der Waals surface area contributed by atoms with Crippen molar-refractivity contribution < 1.29 is 9.90 Å². The molecule has 66 valence electrons. The summed E-state index contributed by atoms with van der Waals surface area (Å²) >= 11 is 4.84.